The number of carbonyl (C=O) groups excluding carboxylic acids is 2. The zero-order chi connectivity index (χ0) is 42.2. The molecule has 0 radical (unpaired) electrons. The van der Waals surface area contributed by atoms with Crippen LogP contribution in [0.4, 0.5) is 0 Å². The van der Waals surface area contributed by atoms with Crippen LogP contribution >= 0.6 is 7.82 Å². The largest absolute Gasteiger partial charge is 0.472 e. The van der Waals surface area contributed by atoms with Crippen molar-refractivity contribution in [2.75, 3.05) is 13.2 Å². The lowest BCUT2D eigenvalue weighted by molar-refractivity contribution is -0.220. The number of aliphatic hydroxyl groups excluding tert-OH is 5. The Kier molecular flexibility index (Phi) is 32.3. The molecule has 6 unspecified atom stereocenters. The van der Waals surface area contributed by atoms with Crippen molar-refractivity contribution in [1.82, 2.24) is 0 Å². The van der Waals surface area contributed by atoms with Gasteiger partial charge in [0, 0.05) is 12.8 Å². The van der Waals surface area contributed by atoms with E-state index in [2.05, 4.69) is 26.0 Å². The number of ether oxygens (including phenoxy) is 2. The summed E-state index contributed by atoms with van der Waals surface area (Å²) in [7, 11) is -5.11. The van der Waals surface area contributed by atoms with E-state index in [1.807, 2.05) is 0 Å². The van der Waals surface area contributed by atoms with Gasteiger partial charge in [0.15, 0.2) is 6.10 Å². The van der Waals surface area contributed by atoms with Gasteiger partial charge in [-0.25, -0.2) is 4.57 Å². The van der Waals surface area contributed by atoms with Crippen LogP contribution in [0.5, 0.6) is 0 Å². The molecule has 1 aliphatic carbocycles. The molecule has 0 saturated heterocycles. The number of esters is 2. The predicted octanol–water partition coefficient (Wildman–Crippen LogP) is 8.28. The Morgan fingerprint density at radius 3 is 1.35 bits per heavy atom. The molecule has 0 aromatic heterocycles. The summed E-state index contributed by atoms with van der Waals surface area (Å²) >= 11 is 0. The summed E-state index contributed by atoms with van der Waals surface area (Å²) < 4.78 is 33.5. The van der Waals surface area contributed by atoms with E-state index in [0.29, 0.717) is 12.8 Å². The van der Waals surface area contributed by atoms with E-state index in [1.54, 1.807) is 0 Å². The van der Waals surface area contributed by atoms with E-state index in [-0.39, 0.29) is 12.8 Å². The average molecular weight is 837 g/mol. The Morgan fingerprint density at radius 2 is 0.895 bits per heavy atom. The van der Waals surface area contributed by atoms with Gasteiger partial charge in [0.25, 0.3) is 0 Å². The van der Waals surface area contributed by atoms with Crippen LogP contribution in [0.1, 0.15) is 194 Å². The van der Waals surface area contributed by atoms with Gasteiger partial charge < -0.3 is 39.9 Å². The van der Waals surface area contributed by atoms with E-state index in [0.717, 1.165) is 51.4 Å². The van der Waals surface area contributed by atoms with Crippen LogP contribution in [-0.4, -0.2) is 98.3 Å². The number of allylic oxidation sites excluding steroid dienone is 2. The minimum Gasteiger partial charge on any atom is -0.462 e. The molecule has 8 atom stereocenters. The number of hydrogen-bond donors (Lipinski definition) is 6. The molecule has 1 fully saturated rings. The fraction of sp³-hybridized carbons (Fsp3) is 0.907. The van der Waals surface area contributed by atoms with Gasteiger partial charge in [0.1, 0.15) is 43.2 Å². The molecular weight excluding hydrogens is 755 g/mol. The molecule has 1 aliphatic rings. The number of hydrogen-bond acceptors (Lipinski definition) is 12. The Balaban J connectivity index is 2.44. The third kappa shape index (κ3) is 27.1. The van der Waals surface area contributed by atoms with Crippen LogP contribution in [0.3, 0.4) is 0 Å². The summed E-state index contributed by atoms with van der Waals surface area (Å²) in [5.41, 5.74) is 0. The molecule has 336 valence electrons. The Morgan fingerprint density at radius 1 is 0.526 bits per heavy atom. The highest BCUT2D eigenvalue weighted by atomic mass is 31.2. The van der Waals surface area contributed by atoms with Crippen molar-refractivity contribution >= 4 is 19.8 Å². The van der Waals surface area contributed by atoms with Crippen molar-refractivity contribution in [2.24, 2.45) is 0 Å². The highest BCUT2D eigenvalue weighted by Crippen LogP contribution is 2.47. The zero-order valence-corrected chi connectivity index (χ0v) is 36.3. The lowest BCUT2D eigenvalue weighted by Gasteiger charge is -2.41. The number of rotatable bonds is 37. The van der Waals surface area contributed by atoms with Gasteiger partial charge in [0.2, 0.25) is 0 Å². The average Bonchev–Trinajstić information content (AvgIpc) is 3.19. The first-order valence-electron chi connectivity index (χ1n) is 22.5. The van der Waals surface area contributed by atoms with Crippen molar-refractivity contribution in [3.8, 4) is 0 Å². The normalized spacial score (nSPS) is 22.7. The maximum atomic E-state index is 12.8. The van der Waals surface area contributed by atoms with E-state index in [1.165, 1.54) is 103 Å². The maximum Gasteiger partial charge on any atom is 0.472 e. The molecule has 0 heterocycles. The molecule has 14 heteroatoms. The van der Waals surface area contributed by atoms with Crippen molar-refractivity contribution in [3.05, 3.63) is 12.2 Å². The van der Waals surface area contributed by atoms with E-state index < -0.39 is 75.7 Å². The molecule has 0 aromatic carbocycles. The number of aliphatic hydroxyl groups is 5. The first kappa shape index (κ1) is 53.6. The fourth-order valence-electron chi connectivity index (χ4n) is 6.93. The fourth-order valence-corrected chi connectivity index (χ4v) is 7.90. The number of unbranched alkanes of at least 4 members (excludes halogenated alkanes) is 23. The number of phosphoric ester groups is 1. The smallest absolute Gasteiger partial charge is 0.462 e. The summed E-state index contributed by atoms with van der Waals surface area (Å²) in [4.78, 5) is 35.6. The second-order valence-corrected chi connectivity index (χ2v) is 17.3. The van der Waals surface area contributed by atoms with Gasteiger partial charge >= 0.3 is 19.8 Å². The molecule has 0 amide bonds. The number of phosphoric acid groups is 1. The highest BCUT2D eigenvalue weighted by molar-refractivity contribution is 7.47. The van der Waals surface area contributed by atoms with Crippen molar-refractivity contribution < 1.29 is 63.1 Å². The molecule has 0 aromatic rings. The summed E-state index contributed by atoms with van der Waals surface area (Å²) in [5.74, 6) is -1.09. The summed E-state index contributed by atoms with van der Waals surface area (Å²) in [5, 5.41) is 50.0. The molecule has 1 rings (SSSR count). The second kappa shape index (κ2) is 34.3. The van der Waals surface area contributed by atoms with Crippen molar-refractivity contribution in [2.45, 2.75) is 236 Å². The van der Waals surface area contributed by atoms with Gasteiger partial charge in [0.05, 0.1) is 6.61 Å². The SMILES string of the molecule is CCCCCC/C=C/CCCCCCCCCCCC(=O)OC[C@@H](COP(=O)(O)OC1C(O)C(O)C(O)[C@H](O)C1O)OC(=O)CCCCCCCCCCCCC. The maximum absolute atomic E-state index is 12.8. The molecule has 6 N–H and O–H groups in total. The van der Waals surface area contributed by atoms with Gasteiger partial charge in [-0.3, -0.25) is 18.6 Å². The van der Waals surface area contributed by atoms with Crippen LogP contribution < -0.4 is 0 Å². The van der Waals surface area contributed by atoms with Gasteiger partial charge in [-0.2, -0.15) is 0 Å². The Labute approximate surface area is 343 Å². The minimum absolute atomic E-state index is 0.101. The molecule has 57 heavy (non-hydrogen) atoms. The van der Waals surface area contributed by atoms with Crippen LogP contribution in [-0.2, 0) is 32.7 Å². The Hall–Kier alpha value is -1.41. The van der Waals surface area contributed by atoms with Gasteiger partial charge in [-0.15, -0.1) is 0 Å². The topological polar surface area (TPSA) is 210 Å². The van der Waals surface area contributed by atoms with Gasteiger partial charge in [-0.1, -0.05) is 154 Å². The zero-order valence-electron chi connectivity index (χ0n) is 35.4. The minimum atomic E-state index is -5.11. The van der Waals surface area contributed by atoms with Crippen LogP contribution in [0.15, 0.2) is 12.2 Å². The lowest BCUT2D eigenvalue weighted by Crippen LogP contribution is -2.64. The molecule has 13 nitrogen and oxygen atoms in total. The van der Waals surface area contributed by atoms with E-state index >= 15 is 0 Å². The third-order valence-corrected chi connectivity index (χ3v) is 11.6. The molecular formula is C43H81O13P. The van der Waals surface area contributed by atoms with Crippen LogP contribution in [0, 0.1) is 0 Å². The monoisotopic (exact) mass is 837 g/mol. The van der Waals surface area contributed by atoms with E-state index in [9.17, 15) is 44.6 Å². The van der Waals surface area contributed by atoms with Crippen molar-refractivity contribution in [3.63, 3.8) is 0 Å². The molecule has 0 bridgehead atoms. The highest BCUT2D eigenvalue weighted by Gasteiger charge is 2.51. The molecule has 0 aliphatic heterocycles. The molecule has 1 saturated carbocycles. The van der Waals surface area contributed by atoms with Crippen LogP contribution in [0.2, 0.25) is 0 Å². The lowest BCUT2D eigenvalue weighted by atomic mass is 9.85. The first-order chi connectivity index (χ1) is 27.4. The number of carbonyl (C=O) groups is 2. The second-order valence-electron chi connectivity index (χ2n) is 15.9. The summed E-state index contributed by atoms with van der Waals surface area (Å²) in [6, 6.07) is 0. The molecule has 0 spiro atoms. The van der Waals surface area contributed by atoms with Crippen LogP contribution in [0.25, 0.3) is 0 Å². The van der Waals surface area contributed by atoms with Crippen molar-refractivity contribution in [1.29, 1.82) is 0 Å². The Bertz CT molecular complexity index is 1060. The predicted molar refractivity (Wildman–Crippen MR) is 221 cm³/mol. The summed E-state index contributed by atoms with van der Waals surface area (Å²) in [6.07, 6.45) is 21.3. The van der Waals surface area contributed by atoms with E-state index in [4.69, 9.17) is 18.5 Å². The third-order valence-electron chi connectivity index (χ3n) is 10.6. The quantitative estimate of drug-likeness (QED) is 0.0151. The first-order valence-corrected chi connectivity index (χ1v) is 24.0. The standard InChI is InChI=1S/C43H81O13P/c1-3-5-7-9-11-13-15-16-17-18-19-20-22-23-25-27-29-31-36(44)53-33-35(55-37(45)32-30-28-26-24-21-14-12-10-8-6-4-2)34-54-57(51,52)56-43-41(49)39(47)38(46)40(48)42(43)50/h13,15,35,38-43,46-50H,3-12,14,16-34H2,1-2H3,(H,51,52)/b15-13+/t35-,38?,39-,40?,41?,42?,43?/m0/s1. The van der Waals surface area contributed by atoms with Gasteiger partial charge in [-0.05, 0) is 38.5 Å². The summed E-state index contributed by atoms with van der Waals surface area (Å²) in [6.45, 7) is 3.27.